The Morgan fingerprint density at radius 1 is 1.25 bits per heavy atom. The van der Waals surface area contributed by atoms with Crippen LogP contribution in [0.4, 0.5) is 10.1 Å². The predicted octanol–water partition coefficient (Wildman–Crippen LogP) is 3.84. The molecule has 1 saturated carbocycles. The summed E-state index contributed by atoms with van der Waals surface area (Å²) in [6.45, 7) is 0.101. The Kier molecular flexibility index (Phi) is 5.83. The van der Waals surface area contributed by atoms with Gasteiger partial charge in [0.2, 0.25) is 5.91 Å². The summed E-state index contributed by atoms with van der Waals surface area (Å²) in [6.07, 6.45) is 6.98. The van der Waals surface area contributed by atoms with Gasteiger partial charge in [0.05, 0.1) is 12.2 Å². The molecule has 0 atom stereocenters. The van der Waals surface area contributed by atoms with Crippen LogP contribution in [-0.4, -0.2) is 18.5 Å². The molecule has 2 N–H and O–H groups in total. The minimum Gasteiger partial charge on any atom is -0.374 e. The second kappa shape index (κ2) is 7.62. The van der Waals surface area contributed by atoms with E-state index in [-0.39, 0.29) is 24.3 Å². The van der Waals surface area contributed by atoms with E-state index in [2.05, 4.69) is 26.6 Å². The molecular formula is C15H20BrFN2O. The van der Waals surface area contributed by atoms with E-state index in [0.717, 1.165) is 17.3 Å². The minimum absolute atomic E-state index is 0.0729. The average Bonchev–Trinajstić information content (AvgIpc) is 2.68. The molecular weight excluding hydrogens is 323 g/mol. The average molecular weight is 343 g/mol. The zero-order chi connectivity index (χ0) is 14.4. The summed E-state index contributed by atoms with van der Waals surface area (Å²) in [5.74, 6) is -0.424. The largest absolute Gasteiger partial charge is 0.374 e. The quantitative estimate of drug-likeness (QED) is 0.816. The Hall–Kier alpha value is -1.10. The Balaban J connectivity index is 1.81. The van der Waals surface area contributed by atoms with Gasteiger partial charge in [-0.25, -0.2) is 4.39 Å². The lowest BCUT2D eigenvalue weighted by Gasteiger charge is -2.16. The first-order chi connectivity index (χ1) is 9.65. The molecule has 2 rings (SSSR count). The van der Waals surface area contributed by atoms with Crippen LogP contribution in [-0.2, 0) is 4.79 Å². The summed E-state index contributed by atoms with van der Waals surface area (Å²) in [4.78, 5) is 11.9. The molecule has 0 heterocycles. The van der Waals surface area contributed by atoms with Gasteiger partial charge in [0.25, 0.3) is 0 Å². The normalized spacial score (nSPS) is 16.5. The summed E-state index contributed by atoms with van der Waals surface area (Å²) in [5, 5.41) is 5.87. The van der Waals surface area contributed by atoms with E-state index in [1.54, 1.807) is 12.1 Å². The lowest BCUT2D eigenvalue weighted by molar-refractivity contribution is -0.120. The van der Waals surface area contributed by atoms with Crippen LogP contribution >= 0.6 is 15.9 Å². The summed E-state index contributed by atoms with van der Waals surface area (Å²) in [5.41, 5.74) is 0.343. The summed E-state index contributed by atoms with van der Waals surface area (Å²) < 4.78 is 14.3. The highest BCUT2D eigenvalue weighted by molar-refractivity contribution is 9.10. The molecule has 1 aromatic carbocycles. The number of halogens is 2. The molecule has 0 spiro atoms. The fourth-order valence-corrected chi connectivity index (χ4v) is 2.87. The van der Waals surface area contributed by atoms with Gasteiger partial charge in [0.15, 0.2) is 0 Å². The van der Waals surface area contributed by atoms with Gasteiger partial charge in [-0.2, -0.15) is 0 Å². The zero-order valence-corrected chi connectivity index (χ0v) is 13.0. The summed E-state index contributed by atoms with van der Waals surface area (Å²) in [6, 6.07) is 4.91. The van der Waals surface area contributed by atoms with E-state index >= 15 is 0 Å². The lowest BCUT2D eigenvalue weighted by Crippen LogP contribution is -2.38. The number of carbonyl (C=O) groups is 1. The standard InChI is InChI=1S/C15H20BrFN2O/c16-11-7-8-13(17)14(9-11)18-10-15(20)19-12-5-3-1-2-4-6-12/h7-9,12,18H,1-6,10H2,(H,19,20). The maximum Gasteiger partial charge on any atom is 0.239 e. The van der Waals surface area contributed by atoms with Gasteiger partial charge in [-0.3, -0.25) is 4.79 Å². The fourth-order valence-electron chi connectivity index (χ4n) is 2.51. The number of benzene rings is 1. The van der Waals surface area contributed by atoms with Crippen molar-refractivity contribution in [3.8, 4) is 0 Å². The second-order valence-electron chi connectivity index (χ2n) is 5.23. The van der Waals surface area contributed by atoms with Crippen molar-refractivity contribution in [2.75, 3.05) is 11.9 Å². The third kappa shape index (κ3) is 4.78. The van der Waals surface area contributed by atoms with Gasteiger partial charge in [-0.15, -0.1) is 0 Å². The van der Waals surface area contributed by atoms with Crippen LogP contribution in [0.25, 0.3) is 0 Å². The number of rotatable bonds is 4. The Morgan fingerprint density at radius 3 is 2.65 bits per heavy atom. The van der Waals surface area contributed by atoms with Crippen LogP contribution in [0, 0.1) is 5.82 Å². The number of carbonyl (C=O) groups excluding carboxylic acids is 1. The topological polar surface area (TPSA) is 41.1 Å². The molecule has 1 aromatic rings. The van der Waals surface area contributed by atoms with Crippen molar-refractivity contribution in [1.29, 1.82) is 0 Å². The van der Waals surface area contributed by atoms with Gasteiger partial charge in [0, 0.05) is 10.5 Å². The van der Waals surface area contributed by atoms with E-state index in [1.807, 2.05) is 0 Å². The number of amides is 1. The first kappa shape index (κ1) is 15.3. The van der Waals surface area contributed by atoms with E-state index in [4.69, 9.17) is 0 Å². The van der Waals surface area contributed by atoms with E-state index in [0.29, 0.717) is 5.69 Å². The van der Waals surface area contributed by atoms with Crippen molar-refractivity contribution < 1.29 is 9.18 Å². The van der Waals surface area contributed by atoms with Crippen molar-refractivity contribution in [1.82, 2.24) is 5.32 Å². The summed E-state index contributed by atoms with van der Waals surface area (Å²) in [7, 11) is 0. The molecule has 1 amide bonds. The SMILES string of the molecule is O=C(CNc1cc(Br)ccc1F)NC1CCCCCC1. The zero-order valence-electron chi connectivity index (χ0n) is 11.4. The molecule has 1 aliphatic carbocycles. The van der Waals surface area contributed by atoms with E-state index < -0.39 is 0 Å². The van der Waals surface area contributed by atoms with Crippen molar-refractivity contribution in [3.63, 3.8) is 0 Å². The second-order valence-corrected chi connectivity index (χ2v) is 6.15. The fraction of sp³-hybridized carbons (Fsp3) is 0.533. The molecule has 0 radical (unpaired) electrons. The summed E-state index contributed by atoms with van der Waals surface area (Å²) >= 11 is 3.28. The van der Waals surface area contributed by atoms with Crippen molar-refractivity contribution in [2.24, 2.45) is 0 Å². The smallest absolute Gasteiger partial charge is 0.239 e. The lowest BCUT2D eigenvalue weighted by atomic mass is 10.1. The first-order valence-electron chi connectivity index (χ1n) is 7.13. The van der Waals surface area contributed by atoms with Gasteiger partial charge in [-0.05, 0) is 31.0 Å². The number of hydrogen-bond donors (Lipinski definition) is 2. The molecule has 20 heavy (non-hydrogen) atoms. The number of anilines is 1. The Morgan fingerprint density at radius 2 is 1.95 bits per heavy atom. The van der Waals surface area contributed by atoms with Gasteiger partial charge in [0.1, 0.15) is 5.82 Å². The maximum absolute atomic E-state index is 13.5. The molecule has 1 aliphatic rings. The number of nitrogens with one attached hydrogen (secondary N) is 2. The van der Waals surface area contributed by atoms with Crippen LogP contribution < -0.4 is 10.6 Å². The van der Waals surface area contributed by atoms with Gasteiger partial charge < -0.3 is 10.6 Å². The molecule has 0 aliphatic heterocycles. The highest BCUT2D eigenvalue weighted by Gasteiger charge is 2.14. The monoisotopic (exact) mass is 342 g/mol. The number of hydrogen-bond acceptors (Lipinski definition) is 2. The third-order valence-corrected chi connectivity index (χ3v) is 4.08. The molecule has 0 aromatic heterocycles. The molecule has 3 nitrogen and oxygen atoms in total. The van der Waals surface area contributed by atoms with Crippen LogP contribution in [0.3, 0.4) is 0 Å². The van der Waals surface area contributed by atoms with Crippen LogP contribution in [0.1, 0.15) is 38.5 Å². The molecule has 0 unspecified atom stereocenters. The van der Waals surface area contributed by atoms with Crippen molar-refractivity contribution in [2.45, 2.75) is 44.6 Å². The van der Waals surface area contributed by atoms with E-state index in [9.17, 15) is 9.18 Å². The first-order valence-corrected chi connectivity index (χ1v) is 7.93. The highest BCUT2D eigenvalue weighted by Crippen LogP contribution is 2.20. The van der Waals surface area contributed by atoms with Crippen molar-refractivity contribution >= 4 is 27.5 Å². The minimum atomic E-state index is -0.351. The van der Waals surface area contributed by atoms with Crippen molar-refractivity contribution in [3.05, 3.63) is 28.5 Å². The van der Waals surface area contributed by atoms with Crippen LogP contribution in [0.2, 0.25) is 0 Å². The molecule has 5 heteroatoms. The van der Waals surface area contributed by atoms with E-state index in [1.165, 1.54) is 31.7 Å². The molecule has 0 saturated heterocycles. The van der Waals surface area contributed by atoms with Gasteiger partial charge in [-0.1, -0.05) is 41.6 Å². The maximum atomic E-state index is 13.5. The molecule has 0 bridgehead atoms. The van der Waals surface area contributed by atoms with Crippen LogP contribution in [0.15, 0.2) is 22.7 Å². The Bertz CT molecular complexity index is 459. The van der Waals surface area contributed by atoms with Gasteiger partial charge >= 0.3 is 0 Å². The molecule has 1 fully saturated rings. The molecule has 110 valence electrons. The Labute approximate surface area is 127 Å². The third-order valence-electron chi connectivity index (χ3n) is 3.59. The highest BCUT2D eigenvalue weighted by atomic mass is 79.9. The predicted molar refractivity (Wildman–Crippen MR) is 82.2 cm³/mol. The van der Waals surface area contributed by atoms with Crippen LogP contribution in [0.5, 0.6) is 0 Å².